The monoisotopic (exact) mass is 294 g/mol. The first-order valence-electron chi connectivity index (χ1n) is 6.45. The van der Waals surface area contributed by atoms with Crippen LogP contribution in [0.4, 0.5) is 10.2 Å². The van der Waals surface area contributed by atoms with Crippen molar-refractivity contribution < 1.29 is 18.8 Å². The molecule has 7 nitrogen and oxygen atoms in total. The molecule has 0 aromatic carbocycles. The zero-order valence-electron chi connectivity index (χ0n) is 11.6. The van der Waals surface area contributed by atoms with E-state index in [1.807, 2.05) is 0 Å². The zero-order chi connectivity index (χ0) is 15.6. The lowest BCUT2D eigenvalue weighted by molar-refractivity contribution is -0.138. The van der Waals surface area contributed by atoms with E-state index in [4.69, 9.17) is 0 Å². The number of carbonyl (C=O) groups is 3. The maximum atomic E-state index is 13.3. The lowest BCUT2D eigenvalue weighted by atomic mass is 10.1. The van der Waals surface area contributed by atoms with Gasteiger partial charge in [0.15, 0.2) is 0 Å². The molecule has 1 unspecified atom stereocenters. The fourth-order valence-electron chi connectivity index (χ4n) is 2.24. The fraction of sp³-hybridized carbons (Fsp3) is 0.385. The summed E-state index contributed by atoms with van der Waals surface area (Å²) in [6.07, 6.45) is 1.33. The second-order valence-electron chi connectivity index (χ2n) is 4.57. The lowest BCUT2D eigenvalue weighted by Crippen LogP contribution is -2.59. The van der Waals surface area contributed by atoms with Crippen LogP contribution in [0.2, 0.25) is 0 Å². The van der Waals surface area contributed by atoms with Gasteiger partial charge in [0.05, 0.1) is 11.8 Å². The van der Waals surface area contributed by atoms with Gasteiger partial charge in [-0.3, -0.25) is 19.7 Å². The average molecular weight is 294 g/mol. The summed E-state index contributed by atoms with van der Waals surface area (Å²) < 4.78 is 13.3. The van der Waals surface area contributed by atoms with Gasteiger partial charge in [0.2, 0.25) is 11.8 Å². The molecule has 1 fully saturated rings. The van der Waals surface area contributed by atoms with Crippen LogP contribution in [0.5, 0.6) is 0 Å². The summed E-state index contributed by atoms with van der Waals surface area (Å²) in [5.41, 5.74) is -0.0153. The number of hydrogen-bond acceptors (Lipinski definition) is 5. The number of imide groups is 1. The summed E-state index contributed by atoms with van der Waals surface area (Å²) in [6, 6.07) is 0.272. The number of rotatable bonds is 3. The summed E-state index contributed by atoms with van der Waals surface area (Å²) in [4.78, 5) is 40.7. The van der Waals surface area contributed by atoms with E-state index in [-0.39, 0.29) is 17.9 Å². The van der Waals surface area contributed by atoms with E-state index in [1.165, 1.54) is 0 Å². The summed E-state index contributed by atoms with van der Waals surface area (Å²) in [7, 11) is 1.54. The molecule has 0 bridgehead atoms. The number of amides is 3. The van der Waals surface area contributed by atoms with Crippen LogP contribution in [0.25, 0.3) is 0 Å². The van der Waals surface area contributed by atoms with Crippen molar-refractivity contribution in [3.8, 4) is 0 Å². The maximum Gasteiger partial charge on any atom is 0.258 e. The van der Waals surface area contributed by atoms with E-state index in [1.54, 1.807) is 14.0 Å². The number of nitrogens with zero attached hydrogens (tertiary/aromatic N) is 2. The molecule has 0 spiro atoms. The topological polar surface area (TPSA) is 91.4 Å². The first-order chi connectivity index (χ1) is 9.97. The molecule has 112 valence electrons. The number of halogens is 1. The van der Waals surface area contributed by atoms with Crippen molar-refractivity contribution in [2.75, 3.05) is 18.9 Å². The Bertz CT molecular complexity index is 605. The second-order valence-corrected chi connectivity index (χ2v) is 4.57. The average Bonchev–Trinajstić information content (AvgIpc) is 2.45. The minimum Gasteiger partial charge on any atom is -0.372 e. The van der Waals surface area contributed by atoms with Gasteiger partial charge < -0.3 is 10.2 Å². The number of pyridine rings is 1. The Kier molecular flexibility index (Phi) is 4.15. The highest BCUT2D eigenvalue weighted by molar-refractivity contribution is 6.08. The minimum absolute atomic E-state index is 0.0153. The smallest absolute Gasteiger partial charge is 0.258 e. The van der Waals surface area contributed by atoms with E-state index in [2.05, 4.69) is 15.6 Å². The van der Waals surface area contributed by atoms with Crippen LogP contribution in [0.15, 0.2) is 12.3 Å². The van der Waals surface area contributed by atoms with E-state index in [9.17, 15) is 18.8 Å². The van der Waals surface area contributed by atoms with Crippen molar-refractivity contribution in [3.63, 3.8) is 0 Å². The summed E-state index contributed by atoms with van der Waals surface area (Å²) in [5.74, 6) is -2.18. The van der Waals surface area contributed by atoms with Crippen molar-refractivity contribution in [1.82, 2.24) is 15.2 Å². The Balaban J connectivity index is 2.39. The van der Waals surface area contributed by atoms with E-state index < -0.39 is 29.6 Å². The molecule has 2 rings (SSSR count). The molecule has 0 saturated carbocycles. The SMILES string of the molecule is CCC1C(=O)NC(=O)CN1C(=O)c1cc(F)cnc1NC. The first-order valence-corrected chi connectivity index (χ1v) is 6.45. The lowest BCUT2D eigenvalue weighted by Gasteiger charge is -2.33. The molecule has 1 aromatic heterocycles. The van der Waals surface area contributed by atoms with Crippen LogP contribution >= 0.6 is 0 Å². The second kappa shape index (κ2) is 5.86. The van der Waals surface area contributed by atoms with Gasteiger partial charge >= 0.3 is 0 Å². The number of nitrogens with one attached hydrogen (secondary N) is 2. The highest BCUT2D eigenvalue weighted by Crippen LogP contribution is 2.19. The summed E-state index contributed by atoms with van der Waals surface area (Å²) in [5, 5.41) is 4.87. The quantitative estimate of drug-likeness (QED) is 0.774. The molecule has 1 aliphatic rings. The third kappa shape index (κ3) is 2.83. The third-order valence-corrected chi connectivity index (χ3v) is 3.22. The van der Waals surface area contributed by atoms with Crippen LogP contribution < -0.4 is 10.6 Å². The van der Waals surface area contributed by atoms with E-state index in [0.717, 1.165) is 17.2 Å². The Morgan fingerprint density at radius 1 is 1.57 bits per heavy atom. The Hall–Kier alpha value is -2.51. The Labute approximate surface area is 120 Å². The predicted molar refractivity (Wildman–Crippen MR) is 72.0 cm³/mol. The van der Waals surface area contributed by atoms with Crippen LogP contribution in [0, 0.1) is 5.82 Å². The van der Waals surface area contributed by atoms with Crippen molar-refractivity contribution in [2.45, 2.75) is 19.4 Å². The molecule has 1 aliphatic heterocycles. The minimum atomic E-state index is -0.761. The van der Waals surface area contributed by atoms with Gasteiger partial charge in [0.25, 0.3) is 5.91 Å². The number of anilines is 1. The van der Waals surface area contributed by atoms with Crippen molar-refractivity contribution in [3.05, 3.63) is 23.6 Å². The molecule has 0 aliphatic carbocycles. The molecule has 1 atom stereocenters. The van der Waals surface area contributed by atoms with Gasteiger partial charge in [0, 0.05) is 7.05 Å². The summed E-state index contributed by atoms with van der Waals surface area (Å²) >= 11 is 0. The molecular weight excluding hydrogens is 279 g/mol. The first kappa shape index (κ1) is 14.9. The number of hydrogen-bond donors (Lipinski definition) is 2. The molecule has 21 heavy (non-hydrogen) atoms. The van der Waals surface area contributed by atoms with Gasteiger partial charge in [-0.15, -0.1) is 0 Å². The van der Waals surface area contributed by atoms with Crippen LogP contribution in [0.1, 0.15) is 23.7 Å². The van der Waals surface area contributed by atoms with Gasteiger partial charge in [0.1, 0.15) is 24.2 Å². The highest BCUT2D eigenvalue weighted by atomic mass is 19.1. The molecule has 1 aromatic rings. The highest BCUT2D eigenvalue weighted by Gasteiger charge is 2.36. The van der Waals surface area contributed by atoms with Crippen molar-refractivity contribution in [1.29, 1.82) is 0 Å². The van der Waals surface area contributed by atoms with Crippen LogP contribution in [-0.2, 0) is 9.59 Å². The normalized spacial score (nSPS) is 18.4. The molecule has 8 heteroatoms. The third-order valence-electron chi connectivity index (χ3n) is 3.22. The van der Waals surface area contributed by atoms with Gasteiger partial charge in [-0.25, -0.2) is 9.37 Å². The van der Waals surface area contributed by atoms with E-state index in [0.29, 0.717) is 6.42 Å². The zero-order valence-corrected chi connectivity index (χ0v) is 11.6. The standard InChI is InChI=1S/C13H15FN4O3/c1-3-9-12(20)17-10(19)6-18(9)13(21)8-4-7(14)5-16-11(8)15-2/h4-5,9H,3,6H2,1-2H3,(H,15,16)(H,17,19,20). The largest absolute Gasteiger partial charge is 0.372 e. The van der Waals surface area contributed by atoms with Crippen molar-refractivity contribution in [2.24, 2.45) is 0 Å². The van der Waals surface area contributed by atoms with Crippen LogP contribution in [-0.4, -0.2) is 47.2 Å². The molecular formula is C13H15FN4O3. The van der Waals surface area contributed by atoms with Crippen molar-refractivity contribution >= 4 is 23.5 Å². The number of aromatic nitrogens is 1. The maximum absolute atomic E-state index is 13.3. The Morgan fingerprint density at radius 3 is 2.90 bits per heavy atom. The molecule has 2 N–H and O–H groups in total. The van der Waals surface area contributed by atoms with Gasteiger partial charge in [-0.1, -0.05) is 6.92 Å². The fourth-order valence-corrected chi connectivity index (χ4v) is 2.24. The van der Waals surface area contributed by atoms with E-state index >= 15 is 0 Å². The molecule has 0 radical (unpaired) electrons. The number of piperazine rings is 1. The van der Waals surface area contributed by atoms with Gasteiger partial charge in [-0.05, 0) is 12.5 Å². The molecule has 3 amide bonds. The van der Waals surface area contributed by atoms with Crippen LogP contribution in [0.3, 0.4) is 0 Å². The number of carbonyl (C=O) groups excluding carboxylic acids is 3. The summed E-state index contributed by atoms with van der Waals surface area (Å²) in [6.45, 7) is 1.48. The van der Waals surface area contributed by atoms with Gasteiger partial charge in [-0.2, -0.15) is 0 Å². The Morgan fingerprint density at radius 2 is 2.29 bits per heavy atom. The molecule has 1 saturated heterocycles. The predicted octanol–water partition coefficient (Wildman–Crippen LogP) is 0.140. The molecule has 2 heterocycles.